The van der Waals surface area contributed by atoms with Gasteiger partial charge < -0.3 is 21.1 Å². The van der Waals surface area contributed by atoms with E-state index in [9.17, 15) is 18.0 Å². The molecule has 33 heavy (non-hydrogen) atoms. The van der Waals surface area contributed by atoms with Gasteiger partial charge in [0.25, 0.3) is 0 Å². The number of fused-ring (bicyclic) bond motifs is 4. The average molecular weight is 455 g/mol. The number of H-pyrrole nitrogens is 1. The van der Waals surface area contributed by atoms with Gasteiger partial charge in [-0.1, -0.05) is 42.5 Å². The third-order valence-corrected chi connectivity index (χ3v) is 5.02. The Kier molecular flexibility index (Phi) is 5.46. The molecular formula is C22H16F3N5O3. The fourth-order valence-corrected chi connectivity index (χ4v) is 3.73. The molecule has 5 N–H and O–H groups in total. The Morgan fingerprint density at radius 3 is 2.36 bits per heavy atom. The Hall–Kier alpha value is -4.41. The number of benzene rings is 2. The number of aromatic nitrogens is 3. The molecule has 168 valence electrons. The number of halogens is 3. The standard InChI is InChI=1S/C20H15N5O.C2HF3O2/c21-20(26)25-18-12-5-2-1-4-11(12)17-13(18)6-3-7-14(17)19-23-15-8-9-22-10-16(15)24-19;3-2(4,5)1(6)7/h1-10,18H,(H,23,24)(H3,21,25,26);(H,6,7). The van der Waals surface area contributed by atoms with E-state index < -0.39 is 18.2 Å². The third kappa shape index (κ3) is 4.20. The summed E-state index contributed by atoms with van der Waals surface area (Å²) >= 11 is 0. The molecule has 1 aliphatic carbocycles. The largest absolute Gasteiger partial charge is 0.490 e. The van der Waals surface area contributed by atoms with Crippen LogP contribution in [0.15, 0.2) is 60.9 Å². The summed E-state index contributed by atoms with van der Waals surface area (Å²) < 4.78 is 31.7. The van der Waals surface area contributed by atoms with Gasteiger partial charge in [0.15, 0.2) is 0 Å². The maximum absolute atomic E-state index is 11.5. The number of alkyl halides is 3. The molecule has 4 aromatic rings. The van der Waals surface area contributed by atoms with Crippen molar-refractivity contribution in [2.45, 2.75) is 12.2 Å². The van der Waals surface area contributed by atoms with E-state index >= 15 is 0 Å². The molecule has 0 radical (unpaired) electrons. The van der Waals surface area contributed by atoms with Crippen LogP contribution in [0.1, 0.15) is 17.2 Å². The average Bonchev–Trinajstić information content (AvgIpc) is 3.33. The predicted octanol–water partition coefficient (Wildman–Crippen LogP) is 4.00. The van der Waals surface area contributed by atoms with Gasteiger partial charge in [-0.2, -0.15) is 13.2 Å². The number of hydrogen-bond donors (Lipinski definition) is 4. The number of urea groups is 1. The van der Waals surface area contributed by atoms with Gasteiger partial charge in [0.05, 0.1) is 23.3 Å². The lowest BCUT2D eigenvalue weighted by Crippen LogP contribution is -2.32. The maximum atomic E-state index is 11.5. The molecule has 0 aliphatic heterocycles. The molecular weight excluding hydrogens is 439 g/mol. The van der Waals surface area contributed by atoms with Gasteiger partial charge in [-0.25, -0.2) is 14.6 Å². The van der Waals surface area contributed by atoms with Gasteiger partial charge in [0, 0.05) is 11.8 Å². The molecule has 0 fully saturated rings. The lowest BCUT2D eigenvalue weighted by molar-refractivity contribution is -0.192. The highest BCUT2D eigenvalue weighted by Crippen LogP contribution is 2.47. The fourth-order valence-electron chi connectivity index (χ4n) is 3.73. The number of imidazole rings is 1. The molecule has 0 saturated heterocycles. The minimum absolute atomic E-state index is 0.260. The number of aromatic amines is 1. The summed E-state index contributed by atoms with van der Waals surface area (Å²) in [5.74, 6) is -1.98. The molecule has 1 aliphatic rings. The van der Waals surface area contributed by atoms with E-state index in [4.69, 9.17) is 20.6 Å². The fraction of sp³-hybridized carbons (Fsp3) is 0.0909. The number of nitrogens with two attached hydrogens (primary N) is 1. The number of aliphatic carboxylic acids is 1. The van der Waals surface area contributed by atoms with Gasteiger partial charge in [0.2, 0.25) is 0 Å². The quantitative estimate of drug-likeness (QED) is 0.363. The minimum atomic E-state index is -5.08. The monoisotopic (exact) mass is 455 g/mol. The second-order valence-corrected chi connectivity index (χ2v) is 7.08. The molecule has 2 heterocycles. The zero-order valence-electron chi connectivity index (χ0n) is 16.7. The van der Waals surface area contributed by atoms with Crippen molar-refractivity contribution < 1.29 is 27.9 Å². The smallest absolute Gasteiger partial charge is 0.475 e. The van der Waals surface area contributed by atoms with Crippen LogP contribution in [0, 0.1) is 0 Å². The van der Waals surface area contributed by atoms with Crippen molar-refractivity contribution in [1.29, 1.82) is 0 Å². The number of pyridine rings is 1. The van der Waals surface area contributed by atoms with Crippen LogP contribution in [0.5, 0.6) is 0 Å². The number of hydrogen-bond acceptors (Lipinski definition) is 4. The second-order valence-electron chi connectivity index (χ2n) is 7.08. The number of carbonyl (C=O) groups excluding carboxylic acids is 1. The van der Waals surface area contributed by atoms with E-state index in [-0.39, 0.29) is 6.04 Å². The summed E-state index contributed by atoms with van der Waals surface area (Å²) in [6.07, 6.45) is -1.59. The number of carbonyl (C=O) groups is 2. The number of nitrogens with one attached hydrogen (secondary N) is 2. The van der Waals surface area contributed by atoms with Crippen molar-refractivity contribution in [1.82, 2.24) is 20.3 Å². The van der Waals surface area contributed by atoms with Crippen LogP contribution in [0.4, 0.5) is 18.0 Å². The zero-order chi connectivity index (χ0) is 23.8. The maximum Gasteiger partial charge on any atom is 0.490 e. The first kappa shape index (κ1) is 21.8. The number of rotatable bonds is 2. The molecule has 1 unspecified atom stereocenters. The summed E-state index contributed by atoms with van der Waals surface area (Å²) in [6, 6.07) is 15.1. The number of primary amides is 1. The van der Waals surface area contributed by atoms with E-state index in [0.29, 0.717) is 0 Å². The first-order valence-corrected chi connectivity index (χ1v) is 9.55. The normalized spacial score (nSPS) is 14.1. The summed E-state index contributed by atoms with van der Waals surface area (Å²) in [6.45, 7) is 0. The van der Waals surface area contributed by atoms with E-state index in [2.05, 4.69) is 21.4 Å². The number of nitrogens with zero attached hydrogens (tertiary/aromatic N) is 2. The molecule has 5 rings (SSSR count). The first-order valence-electron chi connectivity index (χ1n) is 9.55. The van der Waals surface area contributed by atoms with Gasteiger partial charge in [-0.3, -0.25) is 4.98 Å². The molecule has 0 bridgehead atoms. The molecule has 2 aromatic carbocycles. The predicted molar refractivity (Wildman–Crippen MR) is 113 cm³/mol. The SMILES string of the molecule is NC(=O)NC1c2ccccc2-c2c(-c3nc4ccncc4[nH]3)cccc21.O=C(O)C(F)(F)F. The van der Waals surface area contributed by atoms with Gasteiger partial charge in [0.1, 0.15) is 5.82 Å². The lowest BCUT2D eigenvalue weighted by atomic mass is 9.99. The molecule has 0 spiro atoms. The van der Waals surface area contributed by atoms with Gasteiger partial charge >= 0.3 is 18.2 Å². The molecule has 0 saturated carbocycles. The highest BCUT2D eigenvalue weighted by Gasteiger charge is 2.38. The Bertz CT molecular complexity index is 1330. The van der Waals surface area contributed by atoms with Gasteiger partial charge in [-0.15, -0.1) is 0 Å². The molecule has 8 nitrogen and oxygen atoms in total. The highest BCUT2D eigenvalue weighted by atomic mass is 19.4. The number of amides is 2. The molecule has 2 amide bonds. The van der Waals surface area contributed by atoms with E-state index in [1.54, 1.807) is 12.4 Å². The van der Waals surface area contributed by atoms with Crippen LogP contribution >= 0.6 is 0 Å². The molecule has 2 aromatic heterocycles. The van der Waals surface area contributed by atoms with Crippen molar-refractivity contribution in [3.05, 3.63) is 72.1 Å². The van der Waals surface area contributed by atoms with Crippen LogP contribution in [0.3, 0.4) is 0 Å². The molecule has 1 atom stereocenters. The summed E-state index contributed by atoms with van der Waals surface area (Å²) in [7, 11) is 0. The van der Waals surface area contributed by atoms with E-state index in [1.165, 1.54) is 0 Å². The van der Waals surface area contributed by atoms with Crippen LogP contribution in [0.2, 0.25) is 0 Å². The highest BCUT2D eigenvalue weighted by molar-refractivity contribution is 5.92. The van der Waals surface area contributed by atoms with Crippen molar-refractivity contribution in [2.75, 3.05) is 0 Å². The Balaban J connectivity index is 0.000000325. The summed E-state index contributed by atoms with van der Waals surface area (Å²) in [5, 5.41) is 9.98. The zero-order valence-corrected chi connectivity index (χ0v) is 16.7. The van der Waals surface area contributed by atoms with Crippen LogP contribution in [0.25, 0.3) is 33.5 Å². The van der Waals surface area contributed by atoms with Crippen molar-refractivity contribution >= 4 is 23.0 Å². The Labute approximate surface area is 184 Å². The lowest BCUT2D eigenvalue weighted by Gasteiger charge is -2.14. The first-order chi connectivity index (χ1) is 15.7. The third-order valence-electron chi connectivity index (χ3n) is 5.02. The summed E-state index contributed by atoms with van der Waals surface area (Å²) in [4.78, 5) is 32.6. The Morgan fingerprint density at radius 1 is 1.03 bits per heavy atom. The second kappa shape index (κ2) is 8.26. The van der Waals surface area contributed by atoms with Crippen molar-refractivity contribution in [2.24, 2.45) is 5.73 Å². The van der Waals surface area contributed by atoms with Crippen molar-refractivity contribution in [3.8, 4) is 22.5 Å². The van der Waals surface area contributed by atoms with Crippen LogP contribution in [-0.2, 0) is 4.79 Å². The number of carboxylic acids is 1. The number of carboxylic acid groups (broad SMARTS) is 1. The van der Waals surface area contributed by atoms with Crippen LogP contribution < -0.4 is 11.1 Å². The van der Waals surface area contributed by atoms with Crippen molar-refractivity contribution in [3.63, 3.8) is 0 Å². The van der Waals surface area contributed by atoms with Crippen LogP contribution in [-0.4, -0.2) is 38.2 Å². The van der Waals surface area contributed by atoms with E-state index in [1.807, 2.05) is 42.5 Å². The topological polar surface area (TPSA) is 134 Å². The summed E-state index contributed by atoms with van der Waals surface area (Å²) in [5.41, 5.74) is 12.3. The Morgan fingerprint density at radius 2 is 1.70 bits per heavy atom. The van der Waals surface area contributed by atoms with E-state index in [0.717, 1.165) is 44.7 Å². The van der Waals surface area contributed by atoms with Gasteiger partial charge in [-0.05, 0) is 28.3 Å². The molecule has 11 heteroatoms. The minimum Gasteiger partial charge on any atom is -0.475 e.